The van der Waals surface area contributed by atoms with E-state index >= 15 is 0 Å². The summed E-state index contributed by atoms with van der Waals surface area (Å²) in [7, 11) is 0. The second kappa shape index (κ2) is 4.19. The molecule has 0 amide bonds. The van der Waals surface area contributed by atoms with Crippen LogP contribution in [0.5, 0.6) is 0 Å². The Balaban J connectivity index is 1.95. The first-order valence-corrected chi connectivity index (χ1v) is 5.31. The summed E-state index contributed by atoms with van der Waals surface area (Å²) in [5, 5.41) is 7.69. The zero-order valence-corrected chi connectivity index (χ0v) is 8.42. The normalized spacial score (nSPS) is 10.3. The minimum Gasteiger partial charge on any atom is -0.384 e. The van der Waals surface area contributed by atoms with Crippen molar-refractivity contribution in [3.8, 4) is 0 Å². The number of hydrogen-bond donors (Lipinski definition) is 2. The molecule has 1 aromatic heterocycles. The van der Waals surface area contributed by atoms with Crippen LogP contribution in [0.15, 0.2) is 41.4 Å². The molecule has 2 aromatic rings. The molecule has 0 aliphatic rings. The third-order valence-electron chi connectivity index (χ3n) is 1.80. The van der Waals surface area contributed by atoms with Gasteiger partial charge in [0.05, 0.1) is 0 Å². The van der Waals surface area contributed by atoms with Gasteiger partial charge < -0.3 is 5.73 Å². The second-order valence-electron chi connectivity index (χ2n) is 2.94. The summed E-state index contributed by atoms with van der Waals surface area (Å²) in [5.74, 6) is 1.53. The Morgan fingerprint density at radius 3 is 2.71 bits per heavy atom. The zero-order valence-electron chi connectivity index (χ0n) is 7.60. The number of thioether (sulfide) groups is 1. The summed E-state index contributed by atoms with van der Waals surface area (Å²) >= 11 is 1.67. The number of H-pyrrole nitrogens is 1. The Bertz CT molecular complexity index is 397. The Hall–Kier alpha value is -1.42. The van der Waals surface area contributed by atoms with Crippen LogP contribution in [0.1, 0.15) is 5.56 Å². The van der Waals surface area contributed by atoms with E-state index in [1.807, 2.05) is 24.3 Å². The molecule has 1 heterocycles. The molecule has 0 fully saturated rings. The average Bonchev–Trinajstić information content (AvgIpc) is 2.63. The lowest BCUT2D eigenvalue weighted by atomic mass is 10.2. The van der Waals surface area contributed by atoms with Gasteiger partial charge in [-0.15, -0.1) is 0 Å². The molecule has 14 heavy (non-hydrogen) atoms. The highest BCUT2D eigenvalue weighted by Crippen LogP contribution is 2.21. The van der Waals surface area contributed by atoms with E-state index in [-0.39, 0.29) is 0 Å². The van der Waals surface area contributed by atoms with Crippen LogP contribution in [0.25, 0.3) is 0 Å². The van der Waals surface area contributed by atoms with Crippen molar-refractivity contribution in [2.24, 2.45) is 0 Å². The van der Waals surface area contributed by atoms with Crippen molar-refractivity contribution >= 4 is 17.6 Å². The third kappa shape index (κ3) is 2.29. The highest BCUT2D eigenvalue weighted by molar-refractivity contribution is 7.98. The van der Waals surface area contributed by atoms with E-state index < -0.39 is 0 Å². The van der Waals surface area contributed by atoms with Crippen molar-refractivity contribution < 1.29 is 0 Å². The number of anilines is 1. The standard InChI is InChI=1S/C10H11N3S/c11-9-6-10(13-12-9)14-7-8-4-2-1-3-5-8/h1-6H,7H2,(H3,11,12,13). The smallest absolute Gasteiger partial charge is 0.120 e. The van der Waals surface area contributed by atoms with Crippen molar-refractivity contribution in [1.82, 2.24) is 10.2 Å². The molecule has 0 bridgehead atoms. The number of nitrogens with zero attached hydrogens (tertiary/aromatic N) is 1. The molecule has 3 nitrogen and oxygen atoms in total. The quantitative estimate of drug-likeness (QED) is 0.756. The molecule has 0 aliphatic carbocycles. The molecule has 0 radical (unpaired) electrons. The molecule has 4 heteroatoms. The highest BCUT2D eigenvalue weighted by Gasteiger charge is 1.99. The molecule has 0 spiro atoms. The van der Waals surface area contributed by atoms with Gasteiger partial charge in [-0.3, -0.25) is 5.10 Å². The van der Waals surface area contributed by atoms with Gasteiger partial charge >= 0.3 is 0 Å². The predicted octanol–water partition coefficient (Wildman–Crippen LogP) is 2.28. The maximum absolute atomic E-state index is 5.52. The van der Waals surface area contributed by atoms with Crippen molar-refractivity contribution in [2.75, 3.05) is 5.73 Å². The number of nitrogens with two attached hydrogens (primary N) is 1. The van der Waals surface area contributed by atoms with Crippen LogP contribution in [0.3, 0.4) is 0 Å². The molecule has 72 valence electrons. The topological polar surface area (TPSA) is 54.7 Å². The van der Waals surface area contributed by atoms with Crippen molar-refractivity contribution in [1.29, 1.82) is 0 Å². The summed E-state index contributed by atoms with van der Waals surface area (Å²) in [6, 6.07) is 12.1. The molecule has 2 rings (SSSR count). The maximum Gasteiger partial charge on any atom is 0.120 e. The van der Waals surface area contributed by atoms with E-state index in [4.69, 9.17) is 5.73 Å². The molecular formula is C10H11N3S. The predicted molar refractivity (Wildman–Crippen MR) is 59.0 cm³/mol. The number of aromatic nitrogens is 2. The van der Waals surface area contributed by atoms with Crippen LogP contribution in [-0.4, -0.2) is 10.2 Å². The van der Waals surface area contributed by atoms with Crippen LogP contribution >= 0.6 is 11.8 Å². The first-order chi connectivity index (χ1) is 6.84. The van der Waals surface area contributed by atoms with Crippen LogP contribution < -0.4 is 5.73 Å². The summed E-state index contributed by atoms with van der Waals surface area (Å²) in [5.41, 5.74) is 6.81. The molecule has 0 unspecified atom stereocenters. The SMILES string of the molecule is Nc1cc(SCc2ccccc2)n[nH]1. The summed E-state index contributed by atoms with van der Waals surface area (Å²) < 4.78 is 0. The minimum atomic E-state index is 0.612. The summed E-state index contributed by atoms with van der Waals surface area (Å²) in [6.45, 7) is 0. The van der Waals surface area contributed by atoms with Crippen LogP contribution in [0, 0.1) is 0 Å². The van der Waals surface area contributed by atoms with E-state index in [1.165, 1.54) is 5.56 Å². The van der Waals surface area contributed by atoms with Gasteiger partial charge in [-0.05, 0) is 5.56 Å². The molecule has 0 saturated heterocycles. The van der Waals surface area contributed by atoms with E-state index in [2.05, 4.69) is 22.3 Å². The van der Waals surface area contributed by atoms with Crippen molar-refractivity contribution in [3.05, 3.63) is 42.0 Å². The molecular weight excluding hydrogens is 194 g/mol. The van der Waals surface area contributed by atoms with Crippen molar-refractivity contribution in [2.45, 2.75) is 10.8 Å². The fourth-order valence-electron chi connectivity index (χ4n) is 1.12. The third-order valence-corrected chi connectivity index (χ3v) is 2.79. The lowest BCUT2D eigenvalue weighted by Gasteiger charge is -1.97. The van der Waals surface area contributed by atoms with Gasteiger partial charge in [-0.1, -0.05) is 42.1 Å². The van der Waals surface area contributed by atoms with Gasteiger partial charge in [-0.25, -0.2) is 0 Å². The van der Waals surface area contributed by atoms with Gasteiger partial charge in [0.1, 0.15) is 10.8 Å². The number of rotatable bonds is 3. The van der Waals surface area contributed by atoms with E-state index in [0.29, 0.717) is 5.82 Å². The van der Waals surface area contributed by atoms with Crippen LogP contribution in [0.4, 0.5) is 5.82 Å². The first kappa shape index (κ1) is 9.15. The lowest BCUT2D eigenvalue weighted by molar-refractivity contribution is 1.01. The lowest BCUT2D eigenvalue weighted by Crippen LogP contribution is -1.81. The Morgan fingerprint density at radius 1 is 1.29 bits per heavy atom. The van der Waals surface area contributed by atoms with Crippen LogP contribution in [0.2, 0.25) is 0 Å². The van der Waals surface area contributed by atoms with E-state index in [0.717, 1.165) is 10.8 Å². The van der Waals surface area contributed by atoms with Gasteiger partial charge in [0, 0.05) is 11.8 Å². The maximum atomic E-state index is 5.52. The summed E-state index contributed by atoms with van der Waals surface area (Å²) in [6.07, 6.45) is 0. The molecule has 0 aliphatic heterocycles. The Labute approximate surface area is 86.7 Å². The minimum absolute atomic E-state index is 0.612. The van der Waals surface area contributed by atoms with Gasteiger partial charge in [0.15, 0.2) is 0 Å². The fraction of sp³-hybridized carbons (Fsp3) is 0.100. The number of aromatic amines is 1. The Morgan fingerprint density at radius 2 is 2.07 bits per heavy atom. The van der Waals surface area contributed by atoms with Crippen molar-refractivity contribution in [3.63, 3.8) is 0 Å². The average molecular weight is 205 g/mol. The van der Waals surface area contributed by atoms with Gasteiger partial charge in [0.2, 0.25) is 0 Å². The molecule has 0 atom stereocenters. The van der Waals surface area contributed by atoms with E-state index in [9.17, 15) is 0 Å². The highest BCUT2D eigenvalue weighted by atomic mass is 32.2. The van der Waals surface area contributed by atoms with E-state index in [1.54, 1.807) is 11.8 Å². The fourth-order valence-corrected chi connectivity index (χ4v) is 1.95. The molecule has 0 saturated carbocycles. The molecule has 3 N–H and O–H groups in total. The monoisotopic (exact) mass is 205 g/mol. The number of nitrogens with one attached hydrogen (secondary N) is 1. The zero-order chi connectivity index (χ0) is 9.80. The number of hydrogen-bond acceptors (Lipinski definition) is 3. The van der Waals surface area contributed by atoms with Crippen LogP contribution in [-0.2, 0) is 5.75 Å². The number of benzene rings is 1. The van der Waals surface area contributed by atoms with Gasteiger partial charge in [0.25, 0.3) is 0 Å². The largest absolute Gasteiger partial charge is 0.384 e. The Kier molecular flexibility index (Phi) is 2.74. The molecule has 1 aromatic carbocycles. The summed E-state index contributed by atoms with van der Waals surface area (Å²) in [4.78, 5) is 0. The van der Waals surface area contributed by atoms with Gasteiger partial charge in [-0.2, -0.15) is 5.10 Å². The second-order valence-corrected chi connectivity index (χ2v) is 3.93. The first-order valence-electron chi connectivity index (χ1n) is 4.32. The number of nitrogen functional groups attached to an aromatic ring is 1.